The maximum atomic E-state index is 14.1. The van der Waals surface area contributed by atoms with Gasteiger partial charge in [-0.1, -0.05) is 36.4 Å². The van der Waals surface area contributed by atoms with Gasteiger partial charge in [-0.25, -0.2) is 17.2 Å². The highest BCUT2D eigenvalue weighted by atomic mass is 32.2. The first-order valence-electron chi connectivity index (χ1n) is 10.5. The second-order valence-corrected chi connectivity index (χ2v) is 9.82. The molecule has 9 heteroatoms. The average Bonchev–Trinajstić information content (AvgIpc) is 2.83. The first-order chi connectivity index (χ1) is 15.9. The molecule has 1 amide bonds. The lowest BCUT2D eigenvalue weighted by Crippen LogP contribution is -2.51. The molecule has 6 nitrogen and oxygen atoms in total. The maximum absolute atomic E-state index is 14.1. The zero-order valence-corrected chi connectivity index (χ0v) is 18.3. The van der Waals surface area contributed by atoms with E-state index >= 15 is 0 Å². The molecule has 0 N–H and O–H groups in total. The van der Waals surface area contributed by atoms with Crippen molar-refractivity contribution >= 4 is 15.9 Å². The molecule has 1 saturated heterocycles. The Morgan fingerprint density at radius 1 is 0.848 bits per heavy atom. The summed E-state index contributed by atoms with van der Waals surface area (Å²) in [6, 6.07) is 17.0. The molecule has 0 bridgehead atoms. The smallest absolute Gasteiger partial charge is 0.246 e. The van der Waals surface area contributed by atoms with Gasteiger partial charge in [0.25, 0.3) is 0 Å². The SMILES string of the molecule is O=C(C1c2ccccc2Oc2ccccc21)N1CCN(S(=O)(=O)c2cc(F)ccc2F)CC1. The monoisotopic (exact) mass is 470 g/mol. The Bertz CT molecular complexity index is 1290. The Labute approximate surface area is 190 Å². The lowest BCUT2D eigenvalue weighted by molar-refractivity contribution is -0.133. The zero-order valence-electron chi connectivity index (χ0n) is 17.4. The number of carbonyl (C=O) groups is 1. The largest absolute Gasteiger partial charge is 0.457 e. The molecule has 0 aliphatic carbocycles. The molecule has 170 valence electrons. The Kier molecular flexibility index (Phi) is 5.38. The maximum Gasteiger partial charge on any atom is 0.246 e. The van der Waals surface area contributed by atoms with E-state index in [1.807, 2.05) is 48.5 Å². The van der Waals surface area contributed by atoms with Crippen molar-refractivity contribution in [2.24, 2.45) is 0 Å². The Hall–Kier alpha value is -3.30. The summed E-state index contributed by atoms with van der Waals surface area (Å²) in [5, 5.41) is 0. The van der Waals surface area contributed by atoms with E-state index in [9.17, 15) is 22.0 Å². The second kappa shape index (κ2) is 8.24. The van der Waals surface area contributed by atoms with E-state index in [0.29, 0.717) is 17.6 Å². The van der Waals surface area contributed by atoms with Gasteiger partial charge >= 0.3 is 0 Å². The molecule has 0 unspecified atom stereocenters. The van der Waals surface area contributed by atoms with Crippen LogP contribution in [0.2, 0.25) is 0 Å². The lowest BCUT2D eigenvalue weighted by atomic mass is 9.86. The van der Waals surface area contributed by atoms with E-state index < -0.39 is 32.5 Å². The summed E-state index contributed by atoms with van der Waals surface area (Å²) < 4.78 is 60.4. The molecule has 5 rings (SSSR count). The topological polar surface area (TPSA) is 66.9 Å². The Morgan fingerprint density at radius 2 is 1.42 bits per heavy atom. The lowest BCUT2D eigenvalue weighted by Gasteiger charge is -2.37. The minimum Gasteiger partial charge on any atom is -0.457 e. The predicted molar refractivity (Wildman–Crippen MR) is 116 cm³/mol. The highest BCUT2D eigenvalue weighted by Gasteiger charge is 2.38. The summed E-state index contributed by atoms with van der Waals surface area (Å²) in [5.74, 6) is -1.36. The van der Waals surface area contributed by atoms with Crippen molar-refractivity contribution in [1.29, 1.82) is 0 Å². The van der Waals surface area contributed by atoms with Crippen LogP contribution in [0.1, 0.15) is 17.0 Å². The molecule has 0 atom stereocenters. The van der Waals surface area contributed by atoms with Crippen molar-refractivity contribution in [3.05, 3.63) is 89.5 Å². The summed E-state index contributed by atoms with van der Waals surface area (Å²) >= 11 is 0. The number of hydrogen-bond donors (Lipinski definition) is 0. The van der Waals surface area contributed by atoms with Crippen LogP contribution in [-0.2, 0) is 14.8 Å². The van der Waals surface area contributed by atoms with Crippen molar-refractivity contribution in [3.8, 4) is 11.5 Å². The zero-order chi connectivity index (χ0) is 23.2. The fourth-order valence-electron chi connectivity index (χ4n) is 4.32. The molecule has 0 aromatic heterocycles. The number of fused-ring (bicyclic) bond motifs is 2. The van der Waals surface area contributed by atoms with E-state index in [1.165, 1.54) is 0 Å². The number of halogens is 2. The standard InChI is InChI=1S/C24H20F2N2O4S/c25-16-9-10-19(26)22(15-16)33(30,31)28-13-11-27(12-14-28)24(29)23-17-5-1-3-7-20(17)32-21-8-4-2-6-18(21)23/h1-10,15,23H,11-14H2. The van der Waals surface area contributed by atoms with Gasteiger partial charge in [-0.2, -0.15) is 4.31 Å². The minimum atomic E-state index is -4.23. The molecule has 33 heavy (non-hydrogen) atoms. The van der Waals surface area contributed by atoms with Gasteiger partial charge in [0.15, 0.2) is 0 Å². The van der Waals surface area contributed by atoms with Crippen molar-refractivity contribution in [2.75, 3.05) is 26.2 Å². The summed E-state index contributed by atoms with van der Waals surface area (Å²) in [6.07, 6.45) is 0. The number of carbonyl (C=O) groups excluding carboxylic acids is 1. The third-order valence-corrected chi connectivity index (χ3v) is 7.90. The molecular weight excluding hydrogens is 450 g/mol. The normalized spacial score (nSPS) is 16.6. The van der Waals surface area contributed by atoms with Crippen LogP contribution >= 0.6 is 0 Å². The quantitative estimate of drug-likeness (QED) is 0.585. The third-order valence-electron chi connectivity index (χ3n) is 5.99. The number of benzene rings is 3. The minimum absolute atomic E-state index is 0.0173. The van der Waals surface area contributed by atoms with E-state index in [2.05, 4.69) is 0 Å². The molecule has 0 radical (unpaired) electrons. The van der Waals surface area contributed by atoms with Crippen LogP contribution in [0.4, 0.5) is 8.78 Å². The summed E-state index contributed by atoms with van der Waals surface area (Å²) in [6.45, 7) is 0.237. The van der Waals surface area contributed by atoms with Crippen molar-refractivity contribution < 1.29 is 26.7 Å². The molecule has 3 aromatic rings. The number of sulfonamides is 1. The Balaban J connectivity index is 1.38. The number of rotatable bonds is 3. The van der Waals surface area contributed by atoms with Crippen LogP contribution < -0.4 is 4.74 Å². The molecule has 2 aliphatic heterocycles. The number of amides is 1. The number of para-hydroxylation sites is 2. The van der Waals surface area contributed by atoms with Crippen LogP contribution in [0.15, 0.2) is 71.6 Å². The van der Waals surface area contributed by atoms with Gasteiger partial charge < -0.3 is 9.64 Å². The first kappa shape index (κ1) is 21.5. The van der Waals surface area contributed by atoms with Gasteiger partial charge in [0.1, 0.15) is 28.0 Å². The number of ether oxygens (including phenoxy) is 1. The van der Waals surface area contributed by atoms with Crippen molar-refractivity contribution in [3.63, 3.8) is 0 Å². The average molecular weight is 470 g/mol. The predicted octanol–water partition coefficient (Wildman–Crippen LogP) is 3.74. The third kappa shape index (κ3) is 3.77. The second-order valence-electron chi connectivity index (χ2n) is 7.91. The van der Waals surface area contributed by atoms with Crippen molar-refractivity contribution in [2.45, 2.75) is 10.8 Å². The molecular formula is C24H20F2N2O4S. The highest BCUT2D eigenvalue weighted by Crippen LogP contribution is 2.44. The molecule has 0 spiro atoms. The molecule has 2 heterocycles. The number of hydrogen-bond acceptors (Lipinski definition) is 4. The summed E-state index contributed by atoms with van der Waals surface area (Å²) in [4.78, 5) is 14.5. The van der Waals surface area contributed by atoms with E-state index in [-0.39, 0.29) is 32.1 Å². The highest BCUT2D eigenvalue weighted by molar-refractivity contribution is 7.89. The van der Waals surface area contributed by atoms with Crippen LogP contribution in [0.25, 0.3) is 0 Å². The Morgan fingerprint density at radius 3 is 2.03 bits per heavy atom. The van der Waals surface area contributed by atoms with E-state index in [1.54, 1.807) is 4.90 Å². The fraction of sp³-hybridized carbons (Fsp3) is 0.208. The summed E-state index contributed by atoms with van der Waals surface area (Å²) in [7, 11) is -4.23. The summed E-state index contributed by atoms with van der Waals surface area (Å²) in [5.41, 5.74) is 1.50. The van der Waals surface area contributed by atoms with E-state index in [4.69, 9.17) is 4.74 Å². The number of piperazine rings is 1. The molecule has 2 aliphatic rings. The van der Waals surface area contributed by atoms with Gasteiger partial charge in [-0.15, -0.1) is 0 Å². The van der Waals surface area contributed by atoms with E-state index in [0.717, 1.165) is 27.6 Å². The van der Waals surface area contributed by atoms with Crippen LogP contribution in [0, 0.1) is 11.6 Å². The van der Waals surface area contributed by atoms with Gasteiger partial charge in [-0.3, -0.25) is 4.79 Å². The van der Waals surface area contributed by atoms with Crippen molar-refractivity contribution in [1.82, 2.24) is 9.21 Å². The molecule has 0 saturated carbocycles. The van der Waals surface area contributed by atoms with Crippen LogP contribution in [-0.4, -0.2) is 49.7 Å². The molecule has 3 aromatic carbocycles. The fourth-order valence-corrected chi connectivity index (χ4v) is 5.82. The van der Waals surface area contributed by atoms with Crippen LogP contribution in [0.3, 0.4) is 0 Å². The van der Waals surface area contributed by atoms with Gasteiger partial charge in [0.2, 0.25) is 15.9 Å². The molecule has 1 fully saturated rings. The first-order valence-corrected chi connectivity index (χ1v) is 11.9. The van der Waals surface area contributed by atoms with Gasteiger partial charge in [0, 0.05) is 37.3 Å². The van der Waals surface area contributed by atoms with Gasteiger partial charge in [-0.05, 0) is 30.3 Å². The number of nitrogens with zero attached hydrogens (tertiary/aromatic N) is 2. The van der Waals surface area contributed by atoms with Gasteiger partial charge in [0.05, 0.1) is 5.92 Å². The van der Waals surface area contributed by atoms with Crippen LogP contribution in [0.5, 0.6) is 11.5 Å².